The van der Waals surface area contributed by atoms with E-state index >= 15 is 0 Å². The van der Waals surface area contributed by atoms with Gasteiger partial charge >= 0.3 is 0 Å². The molecule has 27 heavy (non-hydrogen) atoms. The molecular formula is C19H19Cl2N3O3. The number of carbonyl (C=O) groups excluding carboxylic acids is 3. The van der Waals surface area contributed by atoms with Crippen molar-refractivity contribution in [1.82, 2.24) is 4.90 Å². The summed E-state index contributed by atoms with van der Waals surface area (Å²) in [6.45, 7) is 1.53. The van der Waals surface area contributed by atoms with Crippen molar-refractivity contribution in [1.29, 1.82) is 0 Å². The zero-order chi connectivity index (χ0) is 20.0. The van der Waals surface area contributed by atoms with E-state index in [-0.39, 0.29) is 30.7 Å². The number of nitrogens with one attached hydrogen (secondary N) is 2. The van der Waals surface area contributed by atoms with Crippen molar-refractivity contribution in [3.8, 4) is 0 Å². The molecule has 2 rings (SSSR count). The Morgan fingerprint density at radius 1 is 0.852 bits per heavy atom. The van der Waals surface area contributed by atoms with E-state index in [1.165, 1.54) is 6.92 Å². The second-order valence-electron chi connectivity index (χ2n) is 6.03. The fraction of sp³-hybridized carbons (Fsp3) is 0.211. The van der Waals surface area contributed by atoms with Crippen molar-refractivity contribution in [2.24, 2.45) is 0 Å². The Morgan fingerprint density at radius 3 is 1.89 bits per heavy atom. The topological polar surface area (TPSA) is 78.5 Å². The molecule has 0 fully saturated rings. The van der Waals surface area contributed by atoms with Crippen molar-refractivity contribution in [3.05, 3.63) is 58.1 Å². The molecule has 2 N–H and O–H groups in total. The monoisotopic (exact) mass is 407 g/mol. The van der Waals surface area contributed by atoms with E-state index in [1.807, 2.05) is 0 Å². The van der Waals surface area contributed by atoms with Gasteiger partial charge in [-0.05, 0) is 56.4 Å². The summed E-state index contributed by atoms with van der Waals surface area (Å²) in [5.41, 5.74) is 1.68. The molecule has 0 aliphatic heterocycles. The number of amides is 2. The van der Waals surface area contributed by atoms with Gasteiger partial charge in [-0.25, -0.2) is 0 Å². The first kappa shape index (κ1) is 20.9. The molecule has 0 atom stereocenters. The number of rotatable bonds is 7. The number of ketones is 1. The first-order valence-corrected chi connectivity index (χ1v) is 8.84. The van der Waals surface area contributed by atoms with Gasteiger partial charge in [-0.3, -0.25) is 19.3 Å². The Morgan fingerprint density at radius 2 is 1.37 bits per heavy atom. The van der Waals surface area contributed by atoms with Crippen LogP contribution in [0.1, 0.15) is 17.3 Å². The normalized spacial score (nSPS) is 10.6. The molecule has 0 bridgehead atoms. The molecule has 0 saturated carbocycles. The second kappa shape index (κ2) is 9.50. The van der Waals surface area contributed by atoms with Crippen LogP contribution in [0.3, 0.4) is 0 Å². The highest BCUT2D eigenvalue weighted by Gasteiger charge is 2.12. The summed E-state index contributed by atoms with van der Waals surface area (Å²) < 4.78 is 0. The number of hydrogen-bond acceptors (Lipinski definition) is 4. The Labute approximate surface area is 167 Å². The summed E-state index contributed by atoms with van der Waals surface area (Å²) in [5.74, 6) is -0.592. The van der Waals surface area contributed by atoms with Crippen LogP contribution in [-0.2, 0) is 9.59 Å². The van der Waals surface area contributed by atoms with Gasteiger partial charge in [0.1, 0.15) is 0 Å². The molecule has 142 valence electrons. The number of likely N-dealkylation sites (N-methyl/N-ethyl adjacent to an activating group) is 1. The van der Waals surface area contributed by atoms with Crippen LogP contribution < -0.4 is 10.6 Å². The number of carbonyl (C=O) groups is 3. The third-order valence-corrected chi connectivity index (χ3v) is 4.34. The lowest BCUT2D eigenvalue weighted by Crippen LogP contribution is -2.36. The van der Waals surface area contributed by atoms with Crippen molar-refractivity contribution in [2.45, 2.75) is 6.92 Å². The molecular weight excluding hydrogens is 389 g/mol. The molecule has 0 unspecified atom stereocenters. The molecule has 2 aromatic carbocycles. The highest BCUT2D eigenvalue weighted by Crippen LogP contribution is 2.24. The van der Waals surface area contributed by atoms with Gasteiger partial charge in [-0.1, -0.05) is 23.2 Å². The van der Waals surface area contributed by atoms with Crippen LogP contribution >= 0.6 is 23.2 Å². The van der Waals surface area contributed by atoms with E-state index in [0.29, 0.717) is 27.0 Å². The number of Topliss-reactive ketones (excluding diaryl/α,β-unsaturated/α-hetero) is 1. The van der Waals surface area contributed by atoms with Gasteiger partial charge in [-0.15, -0.1) is 0 Å². The average molecular weight is 408 g/mol. The SMILES string of the molecule is CC(=O)c1ccc(NC(=O)CN(C)CC(=O)Nc2ccc(Cl)c(Cl)c2)cc1. The van der Waals surface area contributed by atoms with Gasteiger partial charge in [0, 0.05) is 16.9 Å². The van der Waals surface area contributed by atoms with Gasteiger partial charge in [-0.2, -0.15) is 0 Å². The van der Waals surface area contributed by atoms with E-state index < -0.39 is 0 Å². The standard InChI is InChI=1S/C19H19Cl2N3O3/c1-12(25)13-3-5-14(6-4-13)22-18(26)10-24(2)11-19(27)23-15-7-8-16(20)17(21)9-15/h3-9H,10-11H2,1-2H3,(H,22,26)(H,23,27). The number of halogens is 2. The molecule has 0 aliphatic carbocycles. The summed E-state index contributed by atoms with van der Waals surface area (Å²) in [6, 6.07) is 11.4. The van der Waals surface area contributed by atoms with Crippen molar-refractivity contribution in [3.63, 3.8) is 0 Å². The quantitative estimate of drug-likeness (QED) is 0.685. The molecule has 0 spiro atoms. The summed E-state index contributed by atoms with van der Waals surface area (Å²) in [4.78, 5) is 37.0. The maximum atomic E-state index is 12.1. The highest BCUT2D eigenvalue weighted by molar-refractivity contribution is 6.42. The van der Waals surface area contributed by atoms with Crippen molar-refractivity contribution in [2.75, 3.05) is 30.8 Å². The van der Waals surface area contributed by atoms with E-state index in [4.69, 9.17) is 23.2 Å². The molecule has 0 radical (unpaired) electrons. The lowest BCUT2D eigenvalue weighted by Gasteiger charge is -2.16. The smallest absolute Gasteiger partial charge is 0.238 e. The maximum Gasteiger partial charge on any atom is 0.238 e. The van der Waals surface area contributed by atoms with Crippen LogP contribution in [0.2, 0.25) is 10.0 Å². The predicted molar refractivity (Wildman–Crippen MR) is 108 cm³/mol. The Bertz CT molecular complexity index is 854. The molecule has 2 aromatic rings. The predicted octanol–water partition coefficient (Wildman–Crippen LogP) is 3.71. The molecule has 0 saturated heterocycles. The molecule has 0 aromatic heterocycles. The van der Waals surface area contributed by atoms with E-state index in [0.717, 1.165) is 0 Å². The van der Waals surface area contributed by atoms with E-state index in [2.05, 4.69) is 10.6 Å². The maximum absolute atomic E-state index is 12.1. The Kier molecular flexibility index (Phi) is 7.36. The Hall–Kier alpha value is -2.41. The van der Waals surface area contributed by atoms with Crippen molar-refractivity contribution >= 4 is 52.2 Å². The number of nitrogens with zero attached hydrogens (tertiary/aromatic N) is 1. The highest BCUT2D eigenvalue weighted by atomic mass is 35.5. The van der Waals surface area contributed by atoms with E-state index in [9.17, 15) is 14.4 Å². The largest absolute Gasteiger partial charge is 0.325 e. The zero-order valence-corrected chi connectivity index (χ0v) is 16.4. The van der Waals surface area contributed by atoms with Crippen LogP contribution in [0.5, 0.6) is 0 Å². The van der Waals surface area contributed by atoms with Crippen LogP contribution in [-0.4, -0.2) is 42.6 Å². The third-order valence-electron chi connectivity index (χ3n) is 3.61. The van der Waals surface area contributed by atoms with Crippen LogP contribution in [0, 0.1) is 0 Å². The number of hydrogen-bond donors (Lipinski definition) is 2. The first-order valence-electron chi connectivity index (χ1n) is 8.09. The lowest BCUT2D eigenvalue weighted by molar-refractivity contribution is -0.119. The molecule has 8 heteroatoms. The van der Waals surface area contributed by atoms with Gasteiger partial charge in [0.15, 0.2) is 5.78 Å². The fourth-order valence-electron chi connectivity index (χ4n) is 2.31. The fourth-order valence-corrected chi connectivity index (χ4v) is 2.61. The molecule has 0 aliphatic rings. The van der Waals surface area contributed by atoms with Gasteiger partial charge < -0.3 is 10.6 Å². The third kappa shape index (κ3) is 6.67. The van der Waals surface area contributed by atoms with Crippen molar-refractivity contribution < 1.29 is 14.4 Å². The average Bonchev–Trinajstić information content (AvgIpc) is 2.58. The summed E-state index contributed by atoms with van der Waals surface area (Å²) in [6.07, 6.45) is 0. The lowest BCUT2D eigenvalue weighted by atomic mass is 10.1. The van der Waals surface area contributed by atoms with E-state index in [1.54, 1.807) is 54.4 Å². The van der Waals surface area contributed by atoms with Gasteiger partial charge in [0.25, 0.3) is 0 Å². The summed E-state index contributed by atoms with van der Waals surface area (Å²) >= 11 is 11.7. The molecule has 2 amide bonds. The second-order valence-corrected chi connectivity index (χ2v) is 6.85. The zero-order valence-electron chi connectivity index (χ0n) is 14.9. The minimum absolute atomic E-state index is 0.0247. The van der Waals surface area contributed by atoms with Gasteiger partial charge in [0.05, 0.1) is 23.1 Å². The number of benzene rings is 2. The minimum Gasteiger partial charge on any atom is -0.325 e. The summed E-state index contributed by atoms with van der Waals surface area (Å²) in [5, 5.41) is 6.16. The summed E-state index contributed by atoms with van der Waals surface area (Å²) in [7, 11) is 1.66. The molecule has 6 nitrogen and oxygen atoms in total. The van der Waals surface area contributed by atoms with Crippen LogP contribution in [0.25, 0.3) is 0 Å². The molecule has 0 heterocycles. The van der Waals surface area contributed by atoms with Gasteiger partial charge in [0.2, 0.25) is 11.8 Å². The van der Waals surface area contributed by atoms with Crippen LogP contribution in [0.15, 0.2) is 42.5 Å². The number of anilines is 2. The van der Waals surface area contributed by atoms with Crippen LogP contribution in [0.4, 0.5) is 11.4 Å². The first-order chi connectivity index (χ1) is 12.7. The Balaban J connectivity index is 1.82. The minimum atomic E-state index is -0.283.